The fourth-order valence-electron chi connectivity index (χ4n) is 7.84. The average molecular weight is 824 g/mol. The second-order valence-corrected chi connectivity index (χ2v) is 17.5. The van der Waals surface area contributed by atoms with Gasteiger partial charge in [0.25, 0.3) is 0 Å². The van der Waals surface area contributed by atoms with E-state index >= 15 is 0 Å². The van der Waals surface area contributed by atoms with E-state index in [4.69, 9.17) is 28.9 Å². The summed E-state index contributed by atoms with van der Waals surface area (Å²) in [5, 5.41) is 8.02. The van der Waals surface area contributed by atoms with Crippen LogP contribution >= 0.6 is 8.17 Å². The first-order valence-electron chi connectivity index (χ1n) is 22.4. The Morgan fingerprint density at radius 2 is 1.22 bits per heavy atom. The number of carbonyl (C=O) groups excluding carboxylic acids is 2. The minimum atomic E-state index is -4.01. The van der Waals surface area contributed by atoms with Gasteiger partial charge in [0.2, 0.25) is 6.61 Å². The molecule has 2 atom stereocenters. The Balaban J connectivity index is 1.08. The lowest BCUT2D eigenvalue weighted by Crippen LogP contribution is -2.51. The van der Waals surface area contributed by atoms with Gasteiger partial charge in [-0.1, -0.05) is 171 Å². The fourth-order valence-corrected chi connectivity index (χ4v) is 8.74. The number of unbranched alkanes of at least 4 members (excludes halogenated alkanes) is 18. The number of hydrogen-bond donors (Lipinski definition) is 2. The molecule has 0 aliphatic rings. The predicted molar refractivity (Wildman–Crippen MR) is 234 cm³/mol. The van der Waals surface area contributed by atoms with Crippen molar-refractivity contribution in [2.24, 2.45) is 5.73 Å². The lowest BCUT2D eigenvalue weighted by molar-refractivity contribution is -0.656. The molecule has 1 radical (unpaired) electrons. The Morgan fingerprint density at radius 3 is 1.83 bits per heavy atom. The van der Waals surface area contributed by atoms with E-state index in [0.29, 0.717) is 12.8 Å². The van der Waals surface area contributed by atoms with Gasteiger partial charge in [0.15, 0.2) is 6.10 Å². The van der Waals surface area contributed by atoms with Crippen molar-refractivity contribution in [1.82, 2.24) is 0 Å². The van der Waals surface area contributed by atoms with Crippen molar-refractivity contribution in [3.05, 3.63) is 60.2 Å². The van der Waals surface area contributed by atoms with Gasteiger partial charge in [0.05, 0.1) is 0 Å². The van der Waals surface area contributed by atoms with Crippen LogP contribution in [0.3, 0.4) is 0 Å². The highest BCUT2D eigenvalue weighted by atomic mass is 31.2. The number of phosphoric acid groups is 1. The number of rotatable bonds is 34. The molecule has 0 aliphatic carbocycles. The molecular formula is C47H72N2O8P+2. The predicted octanol–water partition coefficient (Wildman–Crippen LogP) is 10.4. The van der Waals surface area contributed by atoms with E-state index < -0.39 is 20.2 Å². The molecule has 0 spiro atoms. The quantitative estimate of drug-likeness (QED) is 0.0117. The Bertz CT molecular complexity index is 1720. The lowest BCUT2D eigenvalue weighted by atomic mass is 9.90. The largest absolute Gasteiger partial charge is 0.601 e. The van der Waals surface area contributed by atoms with Crippen molar-refractivity contribution in [2.75, 3.05) is 26.4 Å². The second-order valence-electron chi connectivity index (χ2n) is 15.8. The minimum absolute atomic E-state index is 0.0628. The fraction of sp³-hybridized carbons (Fsp3) is 0.617. The first kappa shape index (κ1) is 47.7. The third kappa shape index (κ3) is 17.0. The van der Waals surface area contributed by atoms with Gasteiger partial charge in [0, 0.05) is 17.8 Å². The molecule has 4 aromatic carbocycles. The van der Waals surface area contributed by atoms with Gasteiger partial charge in [-0.3, -0.25) is 4.79 Å². The summed E-state index contributed by atoms with van der Waals surface area (Å²) >= 11 is 0. The molecule has 11 heteroatoms. The molecule has 5 N–H and O–H groups in total. The van der Waals surface area contributed by atoms with Crippen LogP contribution in [0.4, 0.5) is 0 Å². The summed E-state index contributed by atoms with van der Waals surface area (Å²) in [6, 6.07) is 20.1. The maximum absolute atomic E-state index is 12.8. The van der Waals surface area contributed by atoms with Crippen molar-refractivity contribution in [1.29, 1.82) is 0 Å². The molecule has 1 unspecified atom stereocenters. The van der Waals surface area contributed by atoms with Crippen molar-refractivity contribution in [3.8, 4) is 0 Å². The summed E-state index contributed by atoms with van der Waals surface area (Å²) in [6.07, 6.45) is 23.7. The minimum Gasteiger partial charge on any atom is -0.601 e. The SMILES string of the molecule is CCCCCCCCCCCCCCCC(=[O+])OC[C@H](CO[P+]([O-])(O[NH3+])OCCN)OC(=O)CCCCCCCCCc1ccc2ccc3cccc4ccc1c2c34. The van der Waals surface area contributed by atoms with E-state index in [2.05, 4.69) is 67.4 Å². The monoisotopic (exact) mass is 824 g/mol. The molecule has 10 nitrogen and oxygen atoms in total. The third-order valence-corrected chi connectivity index (χ3v) is 12.4. The van der Waals surface area contributed by atoms with Crippen LogP contribution in [-0.4, -0.2) is 44.4 Å². The number of nitrogens with two attached hydrogens (primary N) is 1. The van der Waals surface area contributed by atoms with Crippen LogP contribution in [0.1, 0.15) is 154 Å². The van der Waals surface area contributed by atoms with Crippen molar-refractivity contribution >= 4 is 52.4 Å². The van der Waals surface area contributed by atoms with E-state index in [-0.39, 0.29) is 38.8 Å². The van der Waals surface area contributed by atoms with Gasteiger partial charge in [-0.2, -0.15) is 14.9 Å². The summed E-state index contributed by atoms with van der Waals surface area (Å²) < 4.78 is 26.2. The van der Waals surface area contributed by atoms with Crippen LogP contribution in [-0.2, 0) is 39.2 Å². The Hall–Kier alpha value is -2.95. The van der Waals surface area contributed by atoms with Crippen LogP contribution in [0.15, 0.2) is 54.6 Å². The summed E-state index contributed by atoms with van der Waals surface area (Å²) in [5.74, 6) is 2.39. The number of carbonyl (C=O) groups is 2. The Morgan fingerprint density at radius 1 is 0.690 bits per heavy atom. The number of ether oxygens (including phenoxy) is 2. The van der Waals surface area contributed by atoms with Gasteiger partial charge in [-0.05, 0) is 68.2 Å². The summed E-state index contributed by atoms with van der Waals surface area (Å²) in [5.41, 5.74) is 6.87. The molecule has 0 aliphatic heterocycles. The Kier molecular flexibility index (Phi) is 22.8. The van der Waals surface area contributed by atoms with Crippen LogP contribution in [0.25, 0.3) is 32.3 Å². The number of phosphoric ester groups is 1. The molecule has 0 amide bonds. The first-order valence-corrected chi connectivity index (χ1v) is 23.9. The van der Waals surface area contributed by atoms with E-state index in [9.17, 15) is 14.5 Å². The molecule has 0 heterocycles. The van der Waals surface area contributed by atoms with Gasteiger partial charge in [-0.15, -0.1) is 0 Å². The maximum Gasteiger partial charge on any atom is 0.574 e. The number of quaternary nitrogens is 1. The van der Waals surface area contributed by atoms with Crippen molar-refractivity contribution < 1.29 is 43.5 Å². The normalized spacial score (nSPS) is 13.4. The molecule has 4 rings (SSSR count). The zero-order valence-corrected chi connectivity index (χ0v) is 36.3. The smallest absolute Gasteiger partial charge is 0.574 e. The van der Waals surface area contributed by atoms with Crippen molar-refractivity contribution in [3.63, 3.8) is 0 Å². The zero-order chi connectivity index (χ0) is 41.3. The van der Waals surface area contributed by atoms with E-state index in [0.717, 1.165) is 57.8 Å². The Labute approximate surface area is 348 Å². The molecule has 58 heavy (non-hydrogen) atoms. The van der Waals surface area contributed by atoms with Crippen molar-refractivity contribution in [2.45, 2.75) is 161 Å². The standard InChI is InChI=1S/C47H72N2O8P/c1-2-3-4-5-6-7-8-9-10-11-14-17-20-26-44(50)53-36-42(37-55-58(52,57-49)54-35-34-48)56-45(51)27-21-18-15-12-13-16-19-23-38-28-29-41-31-30-39-24-22-25-40-32-33-43(38)47(41)46(39)40/h22,24-25,28-33,42H,2-21,23,26-27,34-37,48H2,1,49H3/q+2/t42-,58?/m1/s1. The summed E-state index contributed by atoms with van der Waals surface area (Å²) in [4.78, 5) is 38.1. The van der Waals surface area contributed by atoms with Gasteiger partial charge < -0.3 is 20.1 Å². The number of aryl methyl sites for hydroxylation is 1. The topological polar surface area (TPSA) is 160 Å². The third-order valence-electron chi connectivity index (χ3n) is 11.1. The molecule has 4 aromatic rings. The summed E-state index contributed by atoms with van der Waals surface area (Å²) in [7, 11) is -4.01. The van der Waals surface area contributed by atoms with E-state index in [1.165, 1.54) is 109 Å². The van der Waals surface area contributed by atoms with Gasteiger partial charge in [0.1, 0.15) is 19.6 Å². The number of esters is 2. The number of hydrogen-bond acceptors (Lipinski definition) is 9. The maximum atomic E-state index is 12.8. The second kappa shape index (κ2) is 27.7. The van der Waals surface area contributed by atoms with Crippen LogP contribution in [0, 0.1) is 0 Å². The molecule has 0 saturated carbocycles. The zero-order valence-electron chi connectivity index (χ0n) is 35.4. The van der Waals surface area contributed by atoms with Crippen LogP contribution in [0.2, 0.25) is 0 Å². The highest BCUT2D eigenvalue weighted by Crippen LogP contribution is 2.51. The van der Waals surface area contributed by atoms with E-state index in [1.807, 2.05) is 0 Å². The number of benzene rings is 4. The summed E-state index contributed by atoms with van der Waals surface area (Å²) in [6.45, 7) is 1.73. The molecule has 0 bridgehead atoms. The van der Waals surface area contributed by atoms with E-state index in [1.54, 1.807) is 0 Å². The van der Waals surface area contributed by atoms with Gasteiger partial charge in [-0.25, -0.2) is 0 Å². The highest BCUT2D eigenvalue weighted by Gasteiger charge is 2.38. The molecule has 0 aromatic heterocycles. The van der Waals surface area contributed by atoms with Crippen LogP contribution < -0.4 is 16.5 Å². The molecular weight excluding hydrogens is 751 g/mol. The molecule has 0 fully saturated rings. The first-order chi connectivity index (χ1) is 28.4. The van der Waals surface area contributed by atoms with Crippen LogP contribution in [0.5, 0.6) is 0 Å². The van der Waals surface area contributed by atoms with Gasteiger partial charge >= 0.3 is 20.1 Å². The highest BCUT2D eigenvalue weighted by molar-refractivity contribution is 7.53. The average Bonchev–Trinajstić information content (AvgIpc) is 3.24. The lowest BCUT2D eigenvalue weighted by Gasteiger charge is -2.21. The molecule has 321 valence electrons. The molecule has 0 saturated heterocycles.